The summed E-state index contributed by atoms with van der Waals surface area (Å²) >= 11 is 0. The standard InChI is InChI=1S/C15H23NO3/c1-9-7-12(13(15(18)19)8-10(9)2)14(17)16-11-5-3-4-6-11/h11-13H,3-8H2,1-2H3,(H,16,17)(H,18,19)/t12-,13+/m1/s1. The molecule has 2 rings (SSSR count). The van der Waals surface area contributed by atoms with Crippen LogP contribution in [0.15, 0.2) is 11.1 Å². The molecule has 0 unspecified atom stereocenters. The van der Waals surface area contributed by atoms with Crippen molar-refractivity contribution in [3.05, 3.63) is 11.1 Å². The first-order valence-electron chi connectivity index (χ1n) is 7.17. The number of hydrogen-bond donors (Lipinski definition) is 2. The molecule has 1 amide bonds. The number of carboxylic acids is 1. The predicted molar refractivity (Wildman–Crippen MR) is 72.6 cm³/mol. The van der Waals surface area contributed by atoms with Crippen LogP contribution in [-0.4, -0.2) is 23.0 Å². The molecular weight excluding hydrogens is 242 g/mol. The van der Waals surface area contributed by atoms with Gasteiger partial charge in [-0.2, -0.15) is 0 Å². The van der Waals surface area contributed by atoms with Gasteiger partial charge in [-0.25, -0.2) is 0 Å². The number of rotatable bonds is 3. The molecule has 2 aliphatic carbocycles. The lowest BCUT2D eigenvalue weighted by Crippen LogP contribution is -2.43. The molecule has 0 spiro atoms. The molecule has 0 aliphatic heterocycles. The van der Waals surface area contributed by atoms with Gasteiger partial charge in [-0.05, 0) is 39.5 Å². The summed E-state index contributed by atoms with van der Waals surface area (Å²) in [6.07, 6.45) is 5.48. The van der Waals surface area contributed by atoms with Crippen LogP contribution in [0.1, 0.15) is 52.4 Å². The third-order valence-electron chi connectivity index (χ3n) is 4.62. The normalized spacial score (nSPS) is 28.5. The number of nitrogens with one attached hydrogen (secondary N) is 1. The van der Waals surface area contributed by atoms with Crippen molar-refractivity contribution in [3.8, 4) is 0 Å². The van der Waals surface area contributed by atoms with Gasteiger partial charge in [0.1, 0.15) is 0 Å². The van der Waals surface area contributed by atoms with E-state index < -0.39 is 17.8 Å². The summed E-state index contributed by atoms with van der Waals surface area (Å²) in [6.45, 7) is 3.97. The molecule has 2 N–H and O–H groups in total. The summed E-state index contributed by atoms with van der Waals surface area (Å²) in [6, 6.07) is 0.259. The van der Waals surface area contributed by atoms with Crippen LogP contribution in [0, 0.1) is 11.8 Å². The molecule has 0 aromatic carbocycles. The van der Waals surface area contributed by atoms with Crippen molar-refractivity contribution < 1.29 is 14.7 Å². The Bertz CT molecular complexity index is 408. The average molecular weight is 265 g/mol. The van der Waals surface area contributed by atoms with Crippen molar-refractivity contribution in [2.45, 2.75) is 58.4 Å². The molecule has 0 saturated heterocycles. The molecule has 19 heavy (non-hydrogen) atoms. The van der Waals surface area contributed by atoms with E-state index in [2.05, 4.69) is 5.32 Å². The Hall–Kier alpha value is -1.32. The second kappa shape index (κ2) is 5.76. The third-order valence-corrected chi connectivity index (χ3v) is 4.62. The number of amides is 1. The minimum Gasteiger partial charge on any atom is -0.481 e. The van der Waals surface area contributed by atoms with Gasteiger partial charge in [-0.1, -0.05) is 24.0 Å². The Labute approximate surface area is 114 Å². The van der Waals surface area contributed by atoms with Crippen LogP contribution < -0.4 is 5.32 Å². The zero-order chi connectivity index (χ0) is 14.0. The van der Waals surface area contributed by atoms with E-state index in [1.165, 1.54) is 5.57 Å². The third kappa shape index (κ3) is 3.17. The van der Waals surface area contributed by atoms with Gasteiger partial charge in [0.2, 0.25) is 5.91 Å². The molecule has 0 heterocycles. The smallest absolute Gasteiger partial charge is 0.307 e. The van der Waals surface area contributed by atoms with Crippen LogP contribution in [0.25, 0.3) is 0 Å². The predicted octanol–water partition coefficient (Wildman–Crippen LogP) is 2.49. The highest BCUT2D eigenvalue weighted by atomic mass is 16.4. The first-order valence-corrected chi connectivity index (χ1v) is 7.17. The maximum atomic E-state index is 12.3. The summed E-state index contributed by atoms with van der Waals surface area (Å²) in [5.74, 6) is -1.88. The Morgan fingerprint density at radius 1 is 1.05 bits per heavy atom. The average Bonchev–Trinajstić information content (AvgIpc) is 2.84. The van der Waals surface area contributed by atoms with E-state index in [1.807, 2.05) is 13.8 Å². The fraction of sp³-hybridized carbons (Fsp3) is 0.733. The molecule has 4 nitrogen and oxygen atoms in total. The summed E-state index contributed by atoms with van der Waals surface area (Å²) in [5, 5.41) is 12.4. The Morgan fingerprint density at radius 2 is 1.58 bits per heavy atom. The number of carbonyl (C=O) groups excluding carboxylic acids is 1. The molecule has 4 heteroatoms. The lowest BCUT2D eigenvalue weighted by molar-refractivity contribution is -0.147. The maximum Gasteiger partial charge on any atom is 0.307 e. The summed E-state index contributed by atoms with van der Waals surface area (Å²) < 4.78 is 0. The van der Waals surface area contributed by atoms with Crippen molar-refractivity contribution >= 4 is 11.9 Å². The molecule has 0 bridgehead atoms. The fourth-order valence-corrected chi connectivity index (χ4v) is 3.21. The topological polar surface area (TPSA) is 66.4 Å². The molecule has 106 valence electrons. The molecule has 0 aromatic heterocycles. The van der Waals surface area contributed by atoms with E-state index in [0.717, 1.165) is 31.3 Å². The van der Waals surface area contributed by atoms with E-state index in [4.69, 9.17) is 0 Å². The second-order valence-electron chi connectivity index (χ2n) is 6.01. The van der Waals surface area contributed by atoms with E-state index in [0.29, 0.717) is 12.8 Å². The fourth-order valence-electron chi connectivity index (χ4n) is 3.21. The number of aliphatic carboxylic acids is 1. The van der Waals surface area contributed by atoms with Crippen LogP contribution in [0.4, 0.5) is 0 Å². The number of carbonyl (C=O) groups is 2. The molecule has 2 atom stereocenters. The zero-order valence-corrected chi connectivity index (χ0v) is 11.7. The highest BCUT2D eigenvalue weighted by Crippen LogP contribution is 2.34. The highest BCUT2D eigenvalue weighted by molar-refractivity contribution is 5.85. The van der Waals surface area contributed by atoms with Crippen molar-refractivity contribution in [1.82, 2.24) is 5.32 Å². The lowest BCUT2D eigenvalue weighted by atomic mass is 9.76. The minimum absolute atomic E-state index is 0.0637. The van der Waals surface area contributed by atoms with Gasteiger partial charge in [0.05, 0.1) is 11.8 Å². The number of allylic oxidation sites excluding steroid dienone is 2. The van der Waals surface area contributed by atoms with Crippen LogP contribution in [0.2, 0.25) is 0 Å². The van der Waals surface area contributed by atoms with Gasteiger partial charge < -0.3 is 10.4 Å². The first-order chi connectivity index (χ1) is 8.99. The van der Waals surface area contributed by atoms with Crippen LogP contribution in [-0.2, 0) is 9.59 Å². The molecule has 0 radical (unpaired) electrons. The largest absolute Gasteiger partial charge is 0.481 e. The molecule has 1 fully saturated rings. The van der Waals surface area contributed by atoms with E-state index in [1.54, 1.807) is 0 Å². The van der Waals surface area contributed by atoms with Crippen molar-refractivity contribution in [1.29, 1.82) is 0 Å². The number of hydrogen-bond acceptors (Lipinski definition) is 2. The molecule has 0 aromatic rings. The van der Waals surface area contributed by atoms with Gasteiger partial charge >= 0.3 is 5.97 Å². The Kier molecular flexibility index (Phi) is 4.27. The first kappa shape index (κ1) is 14.1. The number of carboxylic acid groups (broad SMARTS) is 1. The van der Waals surface area contributed by atoms with Crippen LogP contribution in [0.3, 0.4) is 0 Å². The second-order valence-corrected chi connectivity index (χ2v) is 6.01. The molecule has 1 saturated carbocycles. The van der Waals surface area contributed by atoms with Gasteiger partial charge in [-0.15, -0.1) is 0 Å². The molecular formula is C15H23NO3. The van der Waals surface area contributed by atoms with Crippen LogP contribution >= 0.6 is 0 Å². The lowest BCUT2D eigenvalue weighted by Gasteiger charge is -2.30. The van der Waals surface area contributed by atoms with Gasteiger partial charge in [0, 0.05) is 6.04 Å². The van der Waals surface area contributed by atoms with Crippen molar-refractivity contribution in [2.75, 3.05) is 0 Å². The zero-order valence-electron chi connectivity index (χ0n) is 11.7. The summed E-state index contributed by atoms with van der Waals surface area (Å²) in [4.78, 5) is 23.7. The quantitative estimate of drug-likeness (QED) is 0.770. The van der Waals surface area contributed by atoms with Crippen molar-refractivity contribution in [3.63, 3.8) is 0 Å². The monoisotopic (exact) mass is 265 g/mol. The van der Waals surface area contributed by atoms with E-state index in [9.17, 15) is 14.7 Å². The Balaban J connectivity index is 2.07. The van der Waals surface area contributed by atoms with Gasteiger partial charge in [0.15, 0.2) is 0 Å². The van der Waals surface area contributed by atoms with E-state index >= 15 is 0 Å². The Morgan fingerprint density at radius 3 is 2.11 bits per heavy atom. The summed E-state index contributed by atoms with van der Waals surface area (Å²) in [5.41, 5.74) is 2.29. The van der Waals surface area contributed by atoms with Crippen LogP contribution in [0.5, 0.6) is 0 Å². The minimum atomic E-state index is -0.849. The van der Waals surface area contributed by atoms with Crippen molar-refractivity contribution in [2.24, 2.45) is 11.8 Å². The van der Waals surface area contributed by atoms with Gasteiger partial charge in [-0.3, -0.25) is 9.59 Å². The maximum absolute atomic E-state index is 12.3. The van der Waals surface area contributed by atoms with Gasteiger partial charge in [0.25, 0.3) is 0 Å². The SMILES string of the molecule is CC1=C(C)C[C@@H](C(=O)NC2CCCC2)[C@@H](C(=O)O)C1. The molecule has 2 aliphatic rings. The van der Waals surface area contributed by atoms with E-state index in [-0.39, 0.29) is 11.9 Å². The highest BCUT2D eigenvalue weighted by Gasteiger charge is 2.37. The summed E-state index contributed by atoms with van der Waals surface area (Å²) in [7, 11) is 0.